The van der Waals surface area contributed by atoms with Gasteiger partial charge in [-0.1, -0.05) is 0 Å². The van der Waals surface area contributed by atoms with Crippen LogP contribution >= 0.6 is 0 Å². The Morgan fingerprint density at radius 2 is 2.40 bits per heavy atom. The van der Waals surface area contributed by atoms with Gasteiger partial charge < -0.3 is 10.0 Å². The van der Waals surface area contributed by atoms with Crippen LogP contribution < -0.4 is 4.90 Å². The molecular formula is C9H13N3O3. The van der Waals surface area contributed by atoms with E-state index in [0.29, 0.717) is 18.9 Å². The lowest BCUT2D eigenvalue weighted by molar-refractivity contribution is -0.384. The van der Waals surface area contributed by atoms with Crippen LogP contribution in [0, 0.1) is 10.1 Å². The second-order valence-electron chi connectivity index (χ2n) is 2.93. The van der Waals surface area contributed by atoms with Crippen molar-refractivity contribution >= 4 is 11.5 Å². The maximum absolute atomic E-state index is 10.5. The number of nitro groups is 1. The zero-order chi connectivity index (χ0) is 11.3. The number of rotatable bonds is 5. The highest BCUT2D eigenvalue weighted by atomic mass is 16.6. The van der Waals surface area contributed by atoms with Gasteiger partial charge in [-0.3, -0.25) is 10.1 Å². The fourth-order valence-corrected chi connectivity index (χ4v) is 1.25. The number of aliphatic hydroxyl groups excluding tert-OH is 1. The zero-order valence-electron chi connectivity index (χ0n) is 8.46. The monoisotopic (exact) mass is 211 g/mol. The van der Waals surface area contributed by atoms with E-state index in [-0.39, 0.29) is 12.3 Å². The third kappa shape index (κ3) is 2.88. The van der Waals surface area contributed by atoms with Crippen LogP contribution in [0.2, 0.25) is 0 Å². The van der Waals surface area contributed by atoms with Crippen molar-refractivity contribution in [2.45, 2.75) is 6.92 Å². The van der Waals surface area contributed by atoms with Crippen LogP contribution in [-0.4, -0.2) is 34.7 Å². The minimum atomic E-state index is -0.460. The molecule has 0 atom stereocenters. The molecule has 0 aliphatic carbocycles. The molecule has 6 heteroatoms. The van der Waals surface area contributed by atoms with Gasteiger partial charge >= 0.3 is 0 Å². The summed E-state index contributed by atoms with van der Waals surface area (Å²) in [6.45, 7) is 2.97. The lowest BCUT2D eigenvalue weighted by atomic mass is 10.3. The first-order chi connectivity index (χ1) is 7.19. The number of hydrogen-bond acceptors (Lipinski definition) is 5. The standard InChI is InChI=1S/C9H13N3O3/c1-2-11(5-6-13)9-7-8(12(14)15)3-4-10-9/h3-4,7,13H,2,5-6H2,1H3. The van der Waals surface area contributed by atoms with Gasteiger partial charge in [0.25, 0.3) is 5.69 Å². The Bertz CT molecular complexity index is 343. The molecule has 1 N–H and O–H groups in total. The molecule has 0 amide bonds. The van der Waals surface area contributed by atoms with Crippen LogP contribution in [0.4, 0.5) is 11.5 Å². The summed E-state index contributed by atoms with van der Waals surface area (Å²) < 4.78 is 0. The Labute approximate surface area is 87.3 Å². The molecule has 0 bridgehead atoms. The van der Waals surface area contributed by atoms with Gasteiger partial charge in [-0.05, 0) is 6.92 Å². The quantitative estimate of drug-likeness (QED) is 0.575. The molecule has 82 valence electrons. The van der Waals surface area contributed by atoms with Crippen molar-refractivity contribution in [2.75, 3.05) is 24.6 Å². The fourth-order valence-electron chi connectivity index (χ4n) is 1.25. The number of anilines is 1. The number of hydrogen-bond donors (Lipinski definition) is 1. The topological polar surface area (TPSA) is 79.5 Å². The van der Waals surface area contributed by atoms with Gasteiger partial charge in [-0.15, -0.1) is 0 Å². The summed E-state index contributed by atoms with van der Waals surface area (Å²) in [5, 5.41) is 19.3. The predicted molar refractivity (Wildman–Crippen MR) is 55.9 cm³/mol. The van der Waals surface area contributed by atoms with Crippen LogP contribution in [-0.2, 0) is 0 Å². The molecule has 0 unspecified atom stereocenters. The maximum Gasteiger partial charge on any atom is 0.274 e. The van der Waals surface area contributed by atoms with E-state index in [0.717, 1.165) is 0 Å². The van der Waals surface area contributed by atoms with Crippen LogP contribution in [0.5, 0.6) is 0 Å². The number of aromatic nitrogens is 1. The number of pyridine rings is 1. The first kappa shape index (κ1) is 11.4. The highest BCUT2D eigenvalue weighted by Crippen LogP contribution is 2.17. The molecule has 0 aliphatic heterocycles. The molecule has 0 radical (unpaired) electrons. The van der Waals surface area contributed by atoms with E-state index in [4.69, 9.17) is 5.11 Å². The van der Waals surface area contributed by atoms with Gasteiger partial charge in [-0.25, -0.2) is 4.98 Å². The average molecular weight is 211 g/mol. The van der Waals surface area contributed by atoms with Crippen molar-refractivity contribution in [3.05, 3.63) is 28.4 Å². The van der Waals surface area contributed by atoms with Crippen LogP contribution in [0.25, 0.3) is 0 Å². The van der Waals surface area contributed by atoms with E-state index >= 15 is 0 Å². The molecule has 0 saturated heterocycles. The third-order valence-electron chi connectivity index (χ3n) is 2.02. The minimum Gasteiger partial charge on any atom is -0.395 e. The van der Waals surface area contributed by atoms with Gasteiger partial charge in [0.1, 0.15) is 5.82 Å². The van der Waals surface area contributed by atoms with E-state index in [1.807, 2.05) is 6.92 Å². The SMILES string of the molecule is CCN(CCO)c1cc([N+](=O)[O-])ccn1. The summed E-state index contributed by atoms with van der Waals surface area (Å²) in [6.07, 6.45) is 1.40. The van der Waals surface area contributed by atoms with Crippen molar-refractivity contribution in [3.8, 4) is 0 Å². The van der Waals surface area contributed by atoms with E-state index < -0.39 is 4.92 Å². The molecule has 1 rings (SSSR count). The molecule has 15 heavy (non-hydrogen) atoms. The van der Waals surface area contributed by atoms with E-state index in [9.17, 15) is 10.1 Å². The molecule has 0 aliphatic rings. The van der Waals surface area contributed by atoms with Crippen molar-refractivity contribution < 1.29 is 10.0 Å². The highest BCUT2D eigenvalue weighted by molar-refractivity contribution is 5.46. The Balaban J connectivity index is 2.92. The van der Waals surface area contributed by atoms with E-state index in [1.54, 1.807) is 4.90 Å². The first-order valence-electron chi connectivity index (χ1n) is 4.65. The van der Waals surface area contributed by atoms with Crippen LogP contribution in [0.3, 0.4) is 0 Å². The summed E-state index contributed by atoms with van der Waals surface area (Å²) in [4.78, 5) is 15.9. The van der Waals surface area contributed by atoms with Gasteiger partial charge in [0.05, 0.1) is 17.6 Å². The summed E-state index contributed by atoms with van der Waals surface area (Å²) >= 11 is 0. The molecule has 0 aromatic carbocycles. The second kappa shape index (κ2) is 5.26. The Morgan fingerprint density at radius 3 is 2.93 bits per heavy atom. The zero-order valence-corrected chi connectivity index (χ0v) is 8.46. The molecule has 0 fully saturated rings. The van der Waals surface area contributed by atoms with Crippen molar-refractivity contribution in [2.24, 2.45) is 0 Å². The van der Waals surface area contributed by atoms with Gasteiger partial charge in [-0.2, -0.15) is 0 Å². The van der Waals surface area contributed by atoms with Gasteiger partial charge in [0.2, 0.25) is 0 Å². The Morgan fingerprint density at radius 1 is 1.67 bits per heavy atom. The lowest BCUT2D eigenvalue weighted by Gasteiger charge is -2.19. The summed E-state index contributed by atoms with van der Waals surface area (Å²) in [7, 11) is 0. The number of nitrogens with zero attached hydrogens (tertiary/aromatic N) is 3. The second-order valence-corrected chi connectivity index (χ2v) is 2.93. The van der Waals surface area contributed by atoms with Crippen molar-refractivity contribution in [3.63, 3.8) is 0 Å². The van der Waals surface area contributed by atoms with Crippen molar-refractivity contribution in [1.29, 1.82) is 0 Å². The normalized spacial score (nSPS) is 10.0. The van der Waals surface area contributed by atoms with Gasteiger partial charge in [0, 0.05) is 25.4 Å². The summed E-state index contributed by atoms with van der Waals surface area (Å²) in [5.41, 5.74) is 0.0105. The third-order valence-corrected chi connectivity index (χ3v) is 2.02. The molecule has 0 spiro atoms. The largest absolute Gasteiger partial charge is 0.395 e. The Hall–Kier alpha value is -1.69. The molecule has 1 aromatic heterocycles. The van der Waals surface area contributed by atoms with E-state index in [1.165, 1.54) is 18.3 Å². The predicted octanol–water partition coefficient (Wildman–Crippen LogP) is 0.808. The van der Waals surface area contributed by atoms with Crippen molar-refractivity contribution in [1.82, 2.24) is 4.98 Å². The highest BCUT2D eigenvalue weighted by Gasteiger charge is 2.10. The average Bonchev–Trinajstić information content (AvgIpc) is 2.26. The molecular weight excluding hydrogens is 198 g/mol. The fraction of sp³-hybridized carbons (Fsp3) is 0.444. The lowest BCUT2D eigenvalue weighted by Crippen LogP contribution is -2.26. The smallest absolute Gasteiger partial charge is 0.274 e. The summed E-state index contributed by atoms with van der Waals surface area (Å²) in [6, 6.07) is 2.75. The Kier molecular flexibility index (Phi) is 3.99. The first-order valence-corrected chi connectivity index (χ1v) is 4.65. The van der Waals surface area contributed by atoms with Crippen LogP contribution in [0.1, 0.15) is 6.92 Å². The maximum atomic E-state index is 10.5. The molecule has 6 nitrogen and oxygen atoms in total. The van der Waals surface area contributed by atoms with Gasteiger partial charge in [0.15, 0.2) is 0 Å². The molecule has 1 heterocycles. The van der Waals surface area contributed by atoms with Crippen LogP contribution in [0.15, 0.2) is 18.3 Å². The van der Waals surface area contributed by atoms with E-state index in [2.05, 4.69) is 4.98 Å². The number of likely N-dealkylation sites (N-methyl/N-ethyl adjacent to an activating group) is 1. The molecule has 1 aromatic rings. The summed E-state index contributed by atoms with van der Waals surface area (Å²) in [5.74, 6) is 0.515. The molecule has 0 saturated carbocycles. The number of aliphatic hydroxyl groups is 1. The minimum absolute atomic E-state index is 0.00177.